The maximum atomic E-state index is 11.9. The Bertz CT molecular complexity index is 530. The van der Waals surface area contributed by atoms with Crippen LogP contribution in [0.25, 0.3) is 0 Å². The van der Waals surface area contributed by atoms with Crippen molar-refractivity contribution in [2.75, 3.05) is 11.9 Å². The Morgan fingerprint density at radius 3 is 2.95 bits per heavy atom. The molecule has 3 N–H and O–H groups in total. The van der Waals surface area contributed by atoms with Gasteiger partial charge < -0.3 is 10.6 Å². The molecule has 2 heterocycles. The number of carbonyl (C=O) groups is 3. The molecule has 1 aromatic rings. The van der Waals surface area contributed by atoms with Gasteiger partial charge in [-0.3, -0.25) is 19.7 Å². The van der Waals surface area contributed by atoms with Gasteiger partial charge in [-0.2, -0.15) is 0 Å². The van der Waals surface area contributed by atoms with E-state index in [-0.39, 0.29) is 17.3 Å². The SMILES string of the molecule is CCCNc1nnc(C(=O)NC2CCC(=O)NC2=O)s1. The lowest BCUT2D eigenvalue weighted by molar-refractivity contribution is -0.134. The predicted octanol–water partition coefficient (Wildman–Crippen LogP) is -0.105. The van der Waals surface area contributed by atoms with Crippen molar-refractivity contribution >= 4 is 34.2 Å². The summed E-state index contributed by atoms with van der Waals surface area (Å²) < 4.78 is 0. The molecule has 1 aromatic heterocycles. The zero-order chi connectivity index (χ0) is 14.5. The Hall–Kier alpha value is -2.03. The van der Waals surface area contributed by atoms with Crippen LogP contribution in [-0.2, 0) is 9.59 Å². The van der Waals surface area contributed by atoms with E-state index in [0.29, 0.717) is 11.6 Å². The highest BCUT2D eigenvalue weighted by atomic mass is 32.1. The topological polar surface area (TPSA) is 113 Å². The van der Waals surface area contributed by atoms with Crippen molar-refractivity contribution in [2.45, 2.75) is 32.2 Å². The summed E-state index contributed by atoms with van der Waals surface area (Å²) in [5.74, 6) is -1.26. The summed E-state index contributed by atoms with van der Waals surface area (Å²) in [6.45, 7) is 2.77. The summed E-state index contributed by atoms with van der Waals surface area (Å²) in [5.41, 5.74) is 0. The molecule has 1 atom stereocenters. The van der Waals surface area contributed by atoms with E-state index in [1.54, 1.807) is 0 Å². The Morgan fingerprint density at radius 1 is 1.45 bits per heavy atom. The summed E-state index contributed by atoms with van der Waals surface area (Å²) in [6, 6.07) is -0.698. The average Bonchev–Trinajstić information content (AvgIpc) is 2.88. The van der Waals surface area contributed by atoms with Crippen molar-refractivity contribution in [1.82, 2.24) is 20.8 Å². The first-order chi connectivity index (χ1) is 9.60. The van der Waals surface area contributed by atoms with E-state index in [9.17, 15) is 14.4 Å². The van der Waals surface area contributed by atoms with Crippen molar-refractivity contribution in [3.8, 4) is 0 Å². The van der Waals surface area contributed by atoms with Crippen molar-refractivity contribution in [2.24, 2.45) is 0 Å². The van der Waals surface area contributed by atoms with Crippen LogP contribution < -0.4 is 16.0 Å². The highest BCUT2D eigenvalue weighted by Gasteiger charge is 2.28. The van der Waals surface area contributed by atoms with Crippen molar-refractivity contribution < 1.29 is 14.4 Å². The largest absolute Gasteiger partial charge is 0.360 e. The fraction of sp³-hybridized carbons (Fsp3) is 0.545. The Kier molecular flexibility index (Phi) is 4.61. The minimum atomic E-state index is -0.698. The molecule has 9 heteroatoms. The van der Waals surface area contributed by atoms with Gasteiger partial charge in [0.25, 0.3) is 5.91 Å². The number of imide groups is 1. The number of piperidine rings is 1. The molecule has 8 nitrogen and oxygen atoms in total. The molecule has 0 bridgehead atoms. The second-order valence-corrected chi connectivity index (χ2v) is 5.29. The lowest BCUT2D eigenvalue weighted by Gasteiger charge is -2.21. The summed E-state index contributed by atoms with van der Waals surface area (Å²) in [4.78, 5) is 34.5. The zero-order valence-electron chi connectivity index (χ0n) is 10.9. The van der Waals surface area contributed by atoms with Crippen LogP contribution in [0.15, 0.2) is 0 Å². The van der Waals surface area contributed by atoms with Crippen LogP contribution in [0.4, 0.5) is 5.13 Å². The maximum Gasteiger partial charge on any atom is 0.282 e. The van der Waals surface area contributed by atoms with E-state index in [0.717, 1.165) is 24.3 Å². The molecule has 2 rings (SSSR count). The summed E-state index contributed by atoms with van der Waals surface area (Å²) in [6.07, 6.45) is 1.46. The summed E-state index contributed by atoms with van der Waals surface area (Å²) >= 11 is 1.13. The van der Waals surface area contributed by atoms with Crippen molar-refractivity contribution in [3.63, 3.8) is 0 Å². The quantitative estimate of drug-likeness (QED) is 0.654. The minimum absolute atomic E-state index is 0.188. The van der Waals surface area contributed by atoms with Gasteiger partial charge in [-0.25, -0.2) is 0 Å². The number of rotatable bonds is 5. The Morgan fingerprint density at radius 2 is 2.25 bits per heavy atom. The van der Waals surface area contributed by atoms with E-state index in [2.05, 4.69) is 26.1 Å². The third kappa shape index (κ3) is 3.50. The highest BCUT2D eigenvalue weighted by molar-refractivity contribution is 7.17. The fourth-order valence-corrected chi connectivity index (χ4v) is 2.34. The van der Waals surface area contributed by atoms with Gasteiger partial charge in [0.05, 0.1) is 0 Å². The fourth-order valence-electron chi connectivity index (χ4n) is 1.67. The van der Waals surface area contributed by atoms with E-state index < -0.39 is 17.9 Å². The molecule has 0 spiro atoms. The Labute approximate surface area is 119 Å². The van der Waals surface area contributed by atoms with E-state index in [1.165, 1.54) is 0 Å². The normalized spacial score (nSPS) is 18.6. The molecule has 3 amide bonds. The molecule has 0 aromatic carbocycles. The van der Waals surface area contributed by atoms with Gasteiger partial charge >= 0.3 is 0 Å². The molecule has 1 fully saturated rings. The number of carbonyl (C=O) groups excluding carboxylic acids is 3. The number of hydrogen-bond acceptors (Lipinski definition) is 7. The zero-order valence-corrected chi connectivity index (χ0v) is 11.7. The molecular formula is C11H15N5O3S. The lowest BCUT2D eigenvalue weighted by Crippen LogP contribution is -2.52. The van der Waals surface area contributed by atoms with E-state index >= 15 is 0 Å². The molecule has 0 radical (unpaired) electrons. The maximum absolute atomic E-state index is 11.9. The molecule has 0 aliphatic carbocycles. The third-order valence-electron chi connectivity index (χ3n) is 2.69. The number of amides is 3. The second kappa shape index (κ2) is 6.42. The van der Waals surface area contributed by atoms with Crippen LogP contribution in [0.2, 0.25) is 0 Å². The molecule has 0 saturated carbocycles. The Balaban J connectivity index is 1.92. The number of aromatic nitrogens is 2. The van der Waals surface area contributed by atoms with Gasteiger partial charge in [-0.05, 0) is 12.8 Å². The number of nitrogens with one attached hydrogen (secondary N) is 3. The van der Waals surface area contributed by atoms with Crippen molar-refractivity contribution in [3.05, 3.63) is 5.01 Å². The molecule has 1 unspecified atom stereocenters. The first-order valence-corrected chi connectivity index (χ1v) is 7.13. The predicted molar refractivity (Wildman–Crippen MR) is 72.3 cm³/mol. The molecule has 20 heavy (non-hydrogen) atoms. The minimum Gasteiger partial charge on any atom is -0.360 e. The molecule has 1 saturated heterocycles. The number of nitrogens with zero attached hydrogens (tertiary/aromatic N) is 2. The molecule has 1 aliphatic rings. The van der Waals surface area contributed by atoms with E-state index in [1.807, 2.05) is 6.92 Å². The van der Waals surface area contributed by atoms with Crippen LogP contribution in [0.1, 0.15) is 36.0 Å². The first kappa shape index (κ1) is 14.4. The van der Waals surface area contributed by atoms with E-state index in [4.69, 9.17) is 0 Å². The summed E-state index contributed by atoms with van der Waals surface area (Å²) in [5, 5.41) is 16.1. The van der Waals surface area contributed by atoms with Gasteiger partial charge in [0.1, 0.15) is 6.04 Å². The molecule has 1 aliphatic heterocycles. The van der Waals surface area contributed by atoms with Gasteiger partial charge in [0, 0.05) is 13.0 Å². The van der Waals surface area contributed by atoms with Gasteiger partial charge in [-0.15, -0.1) is 10.2 Å². The van der Waals surface area contributed by atoms with Crippen LogP contribution in [0.5, 0.6) is 0 Å². The highest BCUT2D eigenvalue weighted by Crippen LogP contribution is 2.15. The molecule has 108 valence electrons. The van der Waals surface area contributed by atoms with Crippen LogP contribution in [-0.4, -0.2) is 40.5 Å². The monoisotopic (exact) mass is 297 g/mol. The standard InChI is InChI=1S/C11H15N5O3S/c1-2-5-12-11-16-15-10(20-11)9(19)13-6-3-4-7(17)14-8(6)18/h6H,2-5H2,1H3,(H,12,16)(H,13,19)(H,14,17,18). The van der Waals surface area contributed by atoms with Crippen LogP contribution in [0.3, 0.4) is 0 Å². The van der Waals surface area contributed by atoms with Gasteiger partial charge in [0.2, 0.25) is 22.0 Å². The lowest BCUT2D eigenvalue weighted by atomic mass is 10.1. The van der Waals surface area contributed by atoms with Crippen molar-refractivity contribution in [1.29, 1.82) is 0 Å². The molecular weight excluding hydrogens is 282 g/mol. The average molecular weight is 297 g/mol. The first-order valence-electron chi connectivity index (χ1n) is 6.32. The number of anilines is 1. The second-order valence-electron chi connectivity index (χ2n) is 4.32. The third-order valence-corrected chi connectivity index (χ3v) is 3.57. The van der Waals surface area contributed by atoms with Gasteiger partial charge in [0.15, 0.2) is 0 Å². The van der Waals surface area contributed by atoms with Gasteiger partial charge in [-0.1, -0.05) is 18.3 Å². The van der Waals surface area contributed by atoms with Crippen LogP contribution in [0, 0.1) is 0 Å². The van der Waals surface area contributed by atoms with Crippen LogP contribution >= 0.6 is 11.3 Å². The smallest absolute Gasteiger partial charge is 0.282 e. The number of hydrogen-bond donors (Lipinski definition) is 3. The summed E-state index contributed by atoms with van der Waals surface area (Å²) in [7, 11) is 0.